The Morgan fingerprint density at radius 3 is 2.45 bits per heavy atom. The van der Waals surface area contributed by atoms with Gasteiger partial charge in [0.15, 0.2) is 0 Å². The molecule has 0 unspecified atom stereocenters. The summed E-state index contributed by atoms with van der Waals surface area (Å²) in [4.78, 5) is 0.0417. The maximum atomic E-state index is 12.7. The first-order valence-electron chi connectivity index (χ1n) is 6.21. The normalized spacial score (nSPS) is 19.4. The van der Waals surface area contributed by atoms with Gasteiger partial charge in [0.05, 0.1) is 5.02 Å². The van der Waals surface area contributed by atoms with Crippen molar-refractivity contribution in [2.24, 2.45) is 5.41 Å². The summed E-state index contributed by atoms with van der Waals surface area (Å²) < 4.78 is 26.9. The van der Waals surface area contributed by atoms with E-state index in [2.05, 4.69) is 0 Å². The van der Waals surface area contributed by atoms with Crippen LogP contribution in [0, 0.1) is 5.41 Å². The van der Waals surface area contributed by atoms with Gasteiger partial charge in [-0.05, 0) is 29.5 Å². The highest BCUT2D eigenvalue weighted by molar-refractivity contribution is 7.89. The number of alkyl halides is 1. The van der Waals surface area contributed by atoms with Crippen molar-refractivity contribution in [1.82, 2.24) is 4.31 Å². The largest absolute Gasteiger partial charge is 0.244 e. The Balaban J connectivity index is 2.48. The second kappa shape index (κ2) is 5.65. The van der Waals surface area contributed by atoms with Crippen LogP contribution in [-0.2, 0) is 15.9 Å². The Bertz CT molecular complexity index is 629. The zero-order chi connectivity index (χ0) is 15.1. The summed E-state index contributed by atoms with van der Waals surface area (Å²) in [6, 6.07) is 2.98. The van der Waals surface area contributed by atoms with Crippen LogP contribution < -0.4 is 0 Å². The number of benzene rings is 1. The summed E-state index contributed by atoms with van der Waals surface area (Å²) in [5.74, 6) is 0.118. The lowest BCUT2D eigenvalue weighted by Gasteiger charge is -2.21. The second-order valence-corrected chi connectivity index (χ2v) is 8.75. The number of nitrogens with zero attached hydrogens (tertiary/aromatic N) is 1. The van der Waals surface area contributed by atoms with E-state index < -0.39 is 10.0 Å². The molecule has 0 radical (unpaired) electrons. The standard InChI is InChI=1S/C13H16Cl3NO2S/c1-13(2)3-4-17(8-13)20(18,19)11-6-10(15)5-9(7-14)12(11)16/h5-6H,3-4,7-8H2,1-2H3. The molecule has 2 rings (SSSR count). The van der Waals surface area contributed by atoms with Gasteiger partial charge < -0.3 is 0 Å². The van der Waals surface area contributed by atoms with E-state index in [1.807, 2.05) is 13.8 Å². The Kier molecular flexibility index (Phi) is 4.63. The highest BCUT2D eigenvalue weighted by Crippen LogP contribution is 2.37. The first-order valence-corrected chi connectivity index (χ1v) is 8.94. The number of rotatable bonds is 3. The molecule has 1 heterocycles. The average molecular weight is 357 g/mol. The molecule has 0 amide bonds. The molecule has 1 aromatic rings. The fourth-order valence-corrected chi connectivity index (χ4v) is 5.13. The minimum Gasteiger partial charge on any atom is -0.207 e. The van der Waals surface area contributed by atoms with Gasteiger partial charge in [0.25, 0.3) is 0 Å². The van der Waals surface area contributed by atoms with E-state index in [4.69, 9.17) is 34.8 Å². The predicted molar refractivity (Wildman–Crippen MR) is 83.2 cm³/mol. The molecular formula is C13H16Cl3NO2S. The van der Waals surface area contributed by atoms with Gasteiger partial charge in [0.2, 0.25) is 10.0 Å². The summed E-state index contributed by atoms with van der Waals surface area (Å²) in [6.07, 6.45) is 0.826. The van der Waals surface area contributed by atoms with Crippen LogP contribution in [0.4, 0.5) is 0 Å². The van der Waals surface area contributed by atoms with Gasteiger partial charge >= 0.3 is 0 Å². The van der Waals surface area contributed by atoms with Crippen LogP contribution in [0.15, 0.2) is 17.0 Å². The van der Waals surface area contributed by atoms with Gasteiger partial charge in [-0.15, -0.1) is 11.6 Å². The smallest absolute Gasteiger partial charge is 0.207 e. The Labute approximate surface area is 134 Å². The van der Waals surface area contributed by atoms with Crippen LogP contribution in [-0.4, -0.2) is 25.8 Å². The summed E-state index contributed by atoms with van der Waals surface area (Å²) >= 11 is 17.9. The first kappa shape index (κ1) is 16.4. The molecule has 112 valence electrons. The Morgan fingerprint density at radius 2 is 1.95 bits per heavy atom. The summed E-state index contributed by atoms with van der Waals surface area (Å²) in [6.45, 7) is 5.07. The van der Waals surface area contributed by atoms with Gasteiger partial charge in [-0.2, -0.15) is 4.31 Å². The molecule has 0 aromatic heterocycles. The SMILES string of the molecule is CC1(C)CCN(S(=O)(=O)c2cc(Cl)cc(CCl)c2Cl)C1. The van der Waals surface area contributed by atoms with E-state index in [-0.39, 0.29) is 21.2 Å². The fraction of sp³-hybridized carbons (Fsp3) is 0.538. The van der Waals surface area contributed by atoms with Gasteiger partial charge in [-0.3, -0.25) is 0 Å². The van der Waals surface area contributed by atoms with Crippen molar-refractivity contribution in [3.8, 4) is 0 Å². The van der Waals surface area contributed by atoms with Gasteiger partial charge in [-0.1, -0.05) is 37.0 Å². The van der Waals surface area contributed by atoms with Crippen molar-refractivity contribution in [1.29, 1.82) is 0 Å². The predicted octanol–water partition coefficient (Wildman–Crippen LogP) is 4.15. The molecule has 0 bridgehead atoms. The van der Waals surface area contributed by atoms with E-state index in [1.165, 1.54) is 10.4 Å². The molecular weight excluding hydrogens is 341 g/mol. The van der Waals surface area contributed by atoms with Crippen molar-refractivity contribution in [3.63, 3.8) is 0 Å². The van der Waals surface area contributed by atoms with Gasteiger partial charge in [0.1, 0.15) is 4.90 Å². The molecule has 7 heteroatoms. The molecule has 0 atom stereocenters. The monoisotopic (exact) mass is 355 g/mol. The molecule has 1 aliphatic heterocycles. The van der Waals surface area contributed by atoms with Crippen molar-refractivity contribution < 1.29 is 8.42 Å². The van der Waals surface area contributed by atoms with E-state index in [9.17, 15) is 8.42 Å². The molecule has 0 aliphatic carbocycles. The lowest BCUT2D eigenvalue weighted by molar-refractivity contribution is 0.375. The lowest BCUT2D eigenvalue weighted by atomic mass is 9.93. The van der Waals surface area contributed by atoms with Crippen molar-refractivity contribution in [2.45, 2.75) is 31.0 Å². The van der Waals surface area contributed by atoms with E-state index in [0.717, 1.165) is 6.42 Å². The third-order valence-corrected chi connectivity index (χ3v) is 6.42. The third-order valence-electron chi connectivity index (χ3n) is 3.48. The van der Waals surface area contributed by atoms with Crippen molar-refractivity contribution >= 4 is 44.8 Å². The molecule has 3 nitrogen and oxygen atoms in total. The summed E-state index contributed by atoms with van der Waals surface area (Å²) in [7, 11) is -3.64. The van der Waals surface area contributed by atoms with Crippen LogP contribution in [0.5, 0.6) is 0 Å². The quantitative estimate of drug-likeness (QED) is 0.763. The van der Waals surface area contributed by atoms with Crippen LogP contribution >= 0.6 is 34.8 Å². The Morgan fingerprint density at radius 1 is 1.30 bits per heavy atom. The van der Waals surface area contributed by atoms with Crippen LogP contribution in [0.3, 0.4) is 0 Å². The maximum absolute atomic E-state index is 12.7. The molecule has 0 spiro atoms. The third kappa shape index (κ3) is 3.09. The minimum absolute atomic E-state index is 0.0204. The first-order chi connectivity index (χ1) is 9.17. The average Bonchev–Trinajstić information content (AvgIpc) is 2.72. The number of sulfonamides is 1. The zero-order valence-corrected chi connectivity index (χ0v) is 14.4. The van der Waals surface area contributed by atoms with Crippen LogP contribution in [0.25, 0.3) is 0 Å². The molecule has 1 saturated heterocycles. The topological polar surface area (TPSA) is 37.4 Å². The summed E-state index contributed by atoms with van der Waals surface area (Å²) in [5.41, 5.74) is 0.505. The molecule has 1 aromatic carbocycles. The van der Waals surface area contributed by atoms with Gasteiger partial charge in [-0.25, -0.2) is 8.42 Å². The van der Waals surface area contributed by atoms with E-state index in [0.29, 0.717) is 23.7 Å². The molecule has 0 saturated carbocycles. The van der Waals surface area contributed by atoms with Gasteiger partial charge in [0, 0.05) is 24.0 Å². The highest BCUT2D eigenvalue weighted by atomic mass is 35.5. The Hall–Kier alpha value is -0.000000000000000111. The maximum Gasteiger partial charge on any atom is 0.244 e. The molecule has 1 aliphatic rings. The van der Waals surface area contributed by atoms with Crippen molar-refractivity contribution in [3.05, 3.63) is 27.7 Å². The number of hydrogen-bond acceptors (Lipinski definition) is 2. The number of halogens is 3. The molecule has 1 fully saturated rings. The fourth-order valence-electron chi connectivity index (χ4n) is 2.31. The molecule has 20 heavy (non-hydrogen) atoms. The van der Waals surface area contributed by atoms with E-state index in [1.54, 1.807) is 6.07 Å². The lowest BCUT2D eigenvalue weighted by Crippen LogP contribution is -2.30. The summed E-state index contributed by atoms with van der Waals surface area (Å²) in [5, 5.41) is 0.483. The molecule has 0 N–H and O–H groups in total. The highest BCUT2D eigenvalue weighted by Gasteiger charge is 2.38. The van der Waals surface area contributed by atoms with E-state index >= 15 is 0 Å². The van der Waals surface area contributed by atoms with Crippen molar-refractivity contribution in [2.75, 3.05) is 13.1 Å². The van der Waals surface area contributed by atoms with Crippen LogP contribution in [0.2, 0.25) is 10.0 Å². The number of hydrogen-bond donors (Lipinski definition) is 0. The second-order valence-electron chi connectivity index (χ2n) is 5.76. The zero-order valence-electron chi connectivity index (χ0n) is 11.3. The minimum atomic E-state index is -3.64. The van der Waals surface area contributed by atoms with Crippen LogP contribution in [0.1, 0.15) is 25.8 Å².